The van der Waals surface area contributed by atoms with E-state index < -0.39 is 10.0 Å². The average molecular weight is 459 g/mol. The third kappa shape index (κ3) is 7.54. The summed E-state index contributed by atoms with van der Waals surface area (Å²) in [6.07, 6.45) is 9.39. The first-order chi connectivity index (χ1) is 15.2. The molecule has 0 atom stereocenters. The predicted molar refractivity (Wildman–Crippen MR) is 135 cm³/mol. The lowest BCUT2D eigenvalue weighted by molar-refractivity contribution is 0.301. The summed E-state index contributed by atoms with van der Waals surface area (Å²) < 4.78 is 35.5. The number of unbranched alkanes of at least 4 members (excludes halogenated alkanes) is 3. The van der Waals surface area contributed by atoms with Crippen molar-refractivity contribution >= 4 is 15.7 Å². The van der Waals surface area contributed by atoms with Crippen LogP contribution >= 0.6 is 0 Å². The van der Waals surface area contributed by atoms with E-state index in [0.717, 1.165) is 43.2 Å². The van der Waals surface area contributed by atoms with E-state index in [0.29, 0.717) is 18.0 Å². The summed E-state index contributed by atoms with van der Waals surface area (Å²) in [6, 6.07) is 13.1. The highest BCUT2D eigenvalue weighted by Crippen LogP contribution is 2.35. The van der Waals surface area contributed by atoms with Gasteiger partial charge < -0.3 is 4.74 Å². The molecule has 0 aliphatic heterocycles. The molecule has 0 aliphatic carbocycles. The van der Waals surface area contributed by atoms with Crippen molar-refractivity contribution in [1.82, 2.24) is 0 Å². The molecular formula is C27H40NO3S. The first-order valence-electron chi connectivity index (χ1n) is 12.0. The quantitative estimate of drug-likeness (QED) is 0.298. The Kier molecular flexibility index (Phi) is 10.1. The van der Waals surface area contributed by atoms with Gasteiger partial charge in [0.2, 0.25) is 0 Å². The van der Waals surface area contributed by atoms with E-state index in [1.165, 1.54) is 12.8 Å². The molecule has 177 valence electrons. The highest BCUT2D eigenvalue weighted by atomic mass is 32.2. The van der Waals surface area contributed by atoms with Gasteiger partial charge in [-0.25, -0.2) is 8.42 Å². The summed E-state index contributed by atoms with van der Waals surface area (Å²) in [7, 11) is -3.80. The number of hydrogen-bond donors (Lipinski definition) is 1. The zero-order valence-electron chi connectivity index (χ0n) is 20.4. The highest BCUT2D eigenvalue weighted by molar-refractivity contribution is 7.92. The van der Waals surface area contributed by atoms with E-state index in [1.807, 2.05) is 24.3 Å². The Hall–Kier alpha value is -2.01. The molecule has 0 heterocycles. The van der Waals surface area contributed by atoms with Crippen LogP contribution in [0.15, 0.2) is 47.4 Å². The number of hydrogen-bond acceptors (Lipinski definition) is 3. The van der Waals surface area contributed by atoms with Gasteiger partial charge >= 0.3 is 0 Å². The zero-order chi connectivity index (χ0) is 23.6. The number of sulfonamides is 1. The summed E-state index contributed by atoms with van der Waals surface area (Å²) in [5, 5.41) is 0. The van der Waals surface area contributed by atoms with Crippen molar-refractivity contribution in [2.45, 2.75) is 89.9 Å². The molecule has 0 unspecified atom stereocenters. The molecule has 1 radical (unpaired) electrons. The number of anilines is 1. The molecule has 0 spiro atoms. The van der Waals surface area contributed by atoms with Crippen LogP contribution in [0.5, 0.6) is 5.75 Å². The summed E-state index contributed by atoms with van der Waals surface area (Å²) in [5.74, 6) is 0.412. The van der Waals surface area contributed by atoms with Gasteiger partial charge in [-0.2, -0.15) is 0 Å². The van der Waals surface area contributed by atoms with Crippen molar-refractivity contribution < 1.29 is 13.2 Å². The minimum Gasteiger partial charge on any atom is -0.492 e. The van der Waals surface area contributed by atoms with Crippen molar-refractivity contribution in [3.63, 3.8) is 0 Å². The molecule has 0 amide bonds. The normalized spacial score (nSPS) is 12.0. The smallest absolute Gasteiger partial charge is 0.265 e. The number of rotatable bonds is 14. The Morgan fingerprint density at radius 3 is 2.25 bits per heavy atom. The number of benzene rings is 2. The molecule has 0 aliphatic rings. The molecule has 0 saturated carbocycles. The lowest BCUT2D eigenvalue weighted by atomic mass is 9.80. The number of ether oxygens (including phenoxy) is 1. The van der Waals surface area contributed by atoms with E-state index in [2.05, 4.69) is 45.8 Å². The van der Waals surface area contributed by atoms with E-state index in [-0.39, 0.29) is 10.3 Å². The highest BCUT2D eigenvalue weighted by Gasteiger charge is 2.26. The molecule has 0 fully saturated rings. The molecule has 32 heavy (non-hydrogen) atoms. The van der Waals surface area contributed by atoms with Gasteiger partial charge in [-0.1, -0.05) is 78.5 Å². The first kappa shape index (κ1) is 26.2. The summed E-state index contributed by atoms with van der Waals surface area (Å²) in [5.41, 5.74) is 2.53. The summed E-state index contributed by atoms with van der Waals surface area (Å²) in [6.45, 7) is 11.2. The van der Waals surface area contributed by atoms with E-state index in [1.54, 1.807) is 18.2 Å². The third-order valence-electron chi connectivity index (χ3n) is 5.78. The van der Waals surface area contributed by atoms with Crippen molar-refractivity contribution in [1.29, 1.82) is 0 Å². The lowest BCUT2D eigenvalue weighted by Gasteiger charge is -2.26. The molecule has 0 aromatic heterocycles. The second-order valence-electron chi connectivity index (χ2n) is 9.04. The van der Waals surface area contributed by atoms with Crippen molar-refractivity contribution in [3.05, 3.63) is 60.0 Å². The fourth-order valence-corrected chi connectivity index (χ4v) is 4.91. The molecule has 2 aromatic carbocycles. The number of nitrogens with one attached hydrogen (secondary N) is 1. The predicted octanol–water partition coefficient (Wildman–Crippen LogP) is 7.49. The van der Waals surface area contributed by atoms with Crippen LogP contribution in [0.25, 0.3) is 0 Å². The van der Waals surface area contributed by atoms with Gasteiger partial charge in [0.25, 0.3) is 10.0 Å². The van der Waals surface area contributed by atoms with Gasteiger partial charge in [-0.05, 0) is 66.5 Å². The lowest BCUT2D eigenvalue weighted by Crippen LogP contribution is -2.20. The second kappa shape index (κ2) is 12.3. The Morgan fingerprint density at radius 2 is 1.62 bits per heavy atom. The van der Waals surface area contributed by atoms with Gasteiger partial charge in [-0.3, -0.25) is 4.72 Å². The molecule has 4 nitrogen and oxygen atoms in total. The van der Waals surface area contributed by atoms with E-state index in [4.69, 9.17) is 4.74 Å². The fourth-order valence-electron chi connectivity index (χ4n) is 3.68. The molecule has 5 heteroatoms. The Labute approximate surface area is 195 Å². The van der Waals surface area contributed by atoms with Crippen molar-refractivity contribution in [2.75, 3.05) is 11.3 Å². The third-order valence-corrected chi connectivity index (χ3v) is 7.18. The van der Waals surface area contributed by atoms with Crippen LogP contribution in [0.4, 0.5) is 5.69 Å². The molecule has 2 rings (SSSR count). The maximum atomic E-state index is 13.4. The second-order valence-corrected chi connectivity index (χ2v) is 10.7. The van der Waals surface area contributed by atoms with Gasteiger partial charge in [0.1, 0.15) is 10.6 Å². The van der Waals surface area contributed by atoms with Crippen LogP contribution < -0.4 is 9.46 Å². The average Bonchev–Trinajstić information content (AvgIpc) is 2.75. The zero-order valence-corrected chi connectivity index (χ0v) is 21.2. The van der Waals surface area contributed by atoms with Gasteiger partial charge in [0.05, 0.1) is 6.61 Å². The standard InChI is InChI=1S/C27H40NO3S/c1-6-9-11-19-27(4,5)23-15-18-25(31-20-10-7-2)26(21-23)32(29,30)28-24-16-13-22(12-8-3)14-17-24/h12-18,21,28H,6-11,19-20H2,1-5H3. The largest absolute Gasteiger partial charge is 0.492 e. The summed E-state index contributed by atoms with van der Waals surface area (Å²) >= 11 is 0. The maximum Gasteiger partial charge on any atom is 0.265 e. The molecular weight excluding hydrogens is 418 g/mol. The first-order valence-corrected chi connectivity index (χ1v) is 13.4. The van der Waals surface area contributed by atoms with Crippen LogP contribution in [-0.4, -0.2) is 15.0 Å². The molecule has 1 N–H and O–H groups in total. The molecule has 0 saturated heterocycles. The Balaban J connectivity index is 2.36. The van der Waals surface area contributed by atoms with Crippen LogP contribution in [0.3, 0.4) is 0 Å². The molecule has 2 aromatic rings. The Bertz CT molecular complexity index is 934. The van der Waals surface area contributed by atoms with Crippen LogP contribution in [-0.2, 0) is 15.4 Å². The minimum absolute atomic E-state index is 0.112. The van der Waals surface area contributed by atoms with Crippen molar-refractivity contribution in [3.8, 4) is 5.75 Å². The fraction of sp³-hybridized carbons (Fsp3) is 0.519. The van der Waals surface area contributed by atoms with Gasteiger partial charge in [0, 0.05) is 5.69 Å². The van der Waals surface area contributed by atoms with E-state index in [9.17, 15) is 8.42 Å². The monoisotopic (exact) mass is 458 g/mol. The van der Waals surface area contributed by atoms with Crippen LogP contribution in [0, 0.1) is 6.42 Å². The van der Waals surface area contributed by atoms with Gasteiger partial charge in [-0.15, -0.1) is 0 Å². The van der Waals surface area contributed by atoms with E-state index >= 15 is 0 Å². The molecule has 0 bridgehead atoms. The SMILES string of the molecule is CC[CH]c1ccc(NS(=O)(=O)c2cc(C(C)(C)CCCCC)ccc2OCCCC)cc1. The van der Waals surface area contributed by atoms with Crippen molar-refractivity contribution in [2.24, 2.45) is 0 Å². The van der Waals surface area contributed by atoms with Crippen LogP contribution in [0.2, 0.25) is 0 Å². The minimum atomic E-state index is -3.80. The summed E-state index contributed by atoms with van der Waals surface area (Å²) in [4.78, 5) is 0.207. The van der Waals surface area contributed by atoms with Gasteiger partial charge in [0.15, 0.2) is 0 Å². The topological polar surface area (TPSA) is 55.4 Å². The Morgan fingerprint density at radius 1 is 0.938 bits per heavy atom. The van der Waals surface area contributed by atoms with Crippen LogP contribution in [0.1, 0.15) is 90.7 Å². The maximum absolute atomic E-state index is 13.4.